The Labute approximate surface area is 679 Å². The summed E-state index contributed by atoms with van der Waals surface area (Å²) in [5, 5.41) is 26.1. The van der Waals surface area contributed by atoms with E-state index < -0.39 is 29.7 Å². The number of aliphatic hydroxyl groups is 1. The van der Waals surface area contributed by atoms with E-state index in [1.54, 1.807) is 57.4 Å². The second kappa shape index (κ2) is 37.5. The number of allylic oxidation sites excluding steroid dienone is 2. The molecule has 0 aromatic carbocycles. The zero-order chi connectivity index (χ0) is 82.3. The Kier molecular flexibility index (Phi) is 28.1. The van der Waals surface area contributed by atoms with Crippen LogP contribution in [0.1, 0.15) is 162 Å². The van der Waals surface area contributed by atoms with E-state index in [9.17, 15) is 38.7 Å². The molecule has 16 bridgehead atoms. The summed E-state index contributed by atoms with van der Waals surface area (Å²) in [4.78, 5) is 79.8. The van der Waals surface area contributed by atoms with Gasteiger partial charge in [0.05, 0.1) is 122 Å². The topological polar surface area (TPSA) is 326 Å². The number of hydrogen-bond donors (Lipinski definition) is 1. The molecule has 22 aliphatic rings. The summed E-state index contributed by atoms with van der Waals surface area (Å²) in [6.45, 7) is 41.0. The monoisotopic (exact) mass is 1610 g/mol. The molecule has 30 unspecified atom stereocenters. The van der Waals surface area contributed by atoms with Gasteiger partial charge in [-0.05, 0) is 185 Å². The van der Waals surface area contributed by atoms with Crippen LogP contribution in [0.25, 0.3) is 0 Å². The predicted molar refractivity (Wildman–Crippen MR) is 418 cm³/mol. The van der Waals surface area contributed by atoms with E-state index in [0.29, 0.717) is 95.9 Å². The third kappa shape index (κ3) is 18.7. The first-order chi connectivity index (χ1) is 55.2. The van der Waals surface area contributed by atoms with E-state index in [-0.39, 0.29) is 137 Å². The first-order valence-corrected chi connectivity index (χ1v) is 42.2. The molecule has 11 saturated carbocycles. The normalized spacial score (nSPS) is 42.2. The van der Waals surface area contributed by atoms with Crippen LogP contribution in [0.4, 0.5) is 0 Å². The van der Waals surface area contributed by atoms with Crippen LogP contribution in [0, 0.1) is 111 Å². The molecular weight excluding hydrogens is 1500 g/mol. The number of fused-ring (bicyclic) bond motifs is 15. The minimum absolute atomic E-state index is 0.0180. The summed E-state index contributed by atoms with van der Waals surface area (Å²) in [6, 6.07) is 3.53. The average molecular weight is 1610 g/mol. The number of nitrogens with zero attached hydrogens (tertiary/aromatic N) is 2. The van der Waals surface area contributed by atoms with Gasteiger partial charge in [0.2, 0.25) is 0 Å². The quantitative estimate of drug-likeness (QED) is 0.0493. The van der Waals surface area contributed by atoms with Crippen molar-refractivity contribution in [3.05, 3.63) is 126 Å². The molecule has 11 heterocycles. The van der Waals surface area contributed by atoms with Gasteiger partial charge < -0.3 is 76.2 Å². The lowest BCUT2D eigenvalue weighted by atomic mass is 9.52. The molecular formula is C89H116N2O23S. The van der Waals surface area contributed by atoms with E-state index in [2.05, 4.69) is 65.8 Å². The average Bonchev–Trinajstić information content (AvgIpc) is 1.72. The molecule has 0 radical (unpaired) electrons. The largest absolute Gasteiger partial charge is 0.499 e. The van der Waals surface area contributed by atoms with Gasteiger partial charge in [-0.3, -0.25) is 24.0 Å². The first-order valence-electron chi connectivity index (χ1n) is 41.3. The fourth-order valence-electron chi connectivity index (χ4n) is 23.1. The molecule has 0 aromatic rings. The lowest BCUT2D eigenvalue weighted by Crippen LogP contribution is -2.59. The molecule has 0 aromatic heterocycles. The van der Waals surface area contributed by atoms with Crippen LogP contribution >= 0.6 is 11.8 Å². The third-order valence-corrected chi connectivity index (χ3v) is 29.0. The molecule has 11 saturated heterocycles. The van der Waals surface area contributed by atoms with Gasteiger partial charge in [-0.2, -0.15) is 10.5 Å². The van der Waals surface area contributed by atoms with Gasteiger partial charge in [-0.1, -0.05) is 72.2 Å². The second-order valence-electron chi connectivity index (χ2n) is 34.8. The SMILES string of the molecule is C=C(C)C#N.C=C(C)C(=O)OC1C2CC3C(=O)OC1C3O2.C=C(C)C(=O)OC1C2CC3C(=O)OC1C3S2.C=CC#N.C=COC12CC3CC(CC(O)(C3)C1)C2.C=COC1C2CC3C(=O)OC1C3O2.C=COC1CC2CC1C1COC(=O)C21.C=COC1CC2CC1C1COC(=O)C21.C=COC1CC2CCC1C2.C=COC1CCCCC1. The number of rotatable bonds is 16. The minimum Gasteiger partial charge on any atom is -0.499 e. The van der Waals surface area contributed by atoms with Crippen LogP contribution in [0.3, 0.4) is 0 Å². The Balaban J connectivity index is 0.000000120. The summed E-state index contributed by atoms with van der Waals surface area (Å²) in [5.74, 6) is 5.05. The summed E-state index contributed by atoms with van der Waals surface area (Å²) in [7, 11) is 0. The minimum atomic E-state index is -0.461. The summed E-state index contributed by atoms with van der Waals surface area (Å²) in [5.41, 5.74) is 0.815. The predicted octanol–water partition coefficient (Wildman–Crippen LogP) is 12.8. The molecule has 25 nitrogen and oxygen atoms in total. The molecule has 0 amide bonds. The van der Waals surface area contributed by atoms with Crippen LogP contribution in [-0.2, 0) is 105 Å². The van der Waals surface area contributed by atoms with Crippen molar-refractivity contribution in [2.75, 3.05) is 13.2 Å². The van der Waals surface area contributed by atoms with Gasteiger partial charge in [-0.15, -0.1) is 11.8 Å². The smallest absolute Gasteiger partial charge is 0.333 e. The summed E-state index contributed by atoms with van der Waals surface area (Å²) >= 11 is 1.72. The van der Waals surface area contributed by atoms with E-state index in [4.69, 9.17) is 81.6 Å². The van der Waals surface area contributed by atoms with Gasteiger partial charge in [-0.25, -0.2) is 9.59 Å². The Morgan fingerprint density at radius 1 is 0.496 bits per heavy atom. The summed E-state index contributed by atoms with van der Waals surface area (Å²) in [6.07, 6.45) is 34.6. The van der Waals surface area contributed by atoms with Crippen molar-refractivity contribution in [1.29, 1.82) is 10.5 Å². The molecule has 626 valence electrons. The Morgan fingerprint density at radius 2 is 0.983 bits per heavy atom. The number of cyclic esters (lactones) is 2. The molecule has 0 spiro atoms. The Bertz CT molecular complexity index is 3630. The maximum atomic E-state index is 11.5. The first kappa shape index (κ1) is 86.1. The van der Waals surface area contributed by atoms with Crippen LogP contribution < -0.4 is 0 Å². The molecule has 11 aliphatic heterocycles. The van der Waals surface area contributed by atoms with Crippen LogP contribution in [0.2, 0.25) is 0 Å². The summed E-state index contributed by atoms with van der Waals surface area (Å²) < 4.78 is 80.1. The lowest BCUT2D eigenvalue weighted by molar-refractivity contribution is -0.201. The Morgan fingerprint density at radius 3 is 1.44 bits per heavy atom. The fraction of sp³-hybridized carbons (Fsp3) is 0.674. The number of esters is 7. The van der Waals surface area contributed by atoms with Crippen molar-refractivity contribution >= 4 is 53.5 Å². The molecule has 22 rings (SSSR count). The van der Waals surface area contributed by atoms with E-state index in [1.165, 1.54) is 89.1 Å². The molecule has 115 heavy (non-hydrogen) atoms. The van der Waals surface area contributed by atoms with E-state index in [0.717, 1.165) is 82.5 Å². The van der Waals surface area contributed by atoms with Crippen LogP contribution in [0.5, 0.6) is 0 Å². The number of hydrogen-bond acceptors (Lipinski definition) is 26. The van der Waals surface area contributed by atoms with Crippen LogP contribution in [-0.4, -0.2) is 167 Å². The molecule has 11 aliphatic carbocycles. The van der Waals surface area contributed by atoms with Gasteiger partial charge in [0.15, 0.2) is 36.6 Å². The molecule has 22 fully saturated rings. The highest BCUT2D eigenvalue weighted by molar-refractivity contribution is 8.01. The second-order valence-corrected chi connectivity index (χ2v) is 36.2. The van der Waals surface area contributed by atoms with Crippen molar-refractivity contribution in [2.24, 2.45) is 88.8 Å². The molecule has 26 heteroatoms. The zero-order valence-corrected chi connectivity index (χ0v) is 67.5. The highest BCUT2D eigenvalue weighted by atomic mass is 32.2. The van der Waals surface area contributed by atoms with Crippen molar-refractivity contribution in [3.63, 3.8) is 0 Å². The highest BCUT2D eigenvalue weighted by Crippen LogP contribution is 2.61. The molecule has 1 N–H and O–H groups in total. The highest BCUT2D eigenvalue weighted by Gasteiger charge is 2.68. The van der Waals surface area contributed by atoms with Crippen molar-refractivity contribution in [3.8, 4) is 12.1 Å². The van der Waals surface area contributed by atoms with Gasteiger partial charge in [0.25, 0.3) is 0 Å². The Hall–Kier alpha value is -8.30. The number of carbonyl (C=O) groups excluding carboxylic acids is 7. The molecule has 30 atom stereocenters. The number of nitriles is 2. The van der Waals surface area contributed by atoms with Crippen molar-refractivity contribution < 1.29 is 110 Å². The van der Waals surface area contributed by atoms with Gasteiger partial charge in [0.1, 0.15) is 36.1 Å². The van der Waals surface area contributed by atoms with Gasteiger partial charge >= 0.3 is 41.8 Å². The lowest BCUT2D eigenvalue weighted by Gasteiger charge is -2.59. The maximum absolute atomic E-state index is 11.5. The number of thioether (sulfide) groups is 1. The third-order valence-electron chi connectivity index (χ3n) is 27.3. The van der Waals surface area contributed by atoms with Crippen LogP contribution in [0.15, 0.2) is 126 Å². The fourth-order valence-corrected chi connectivity index (χ4v) is 25.0. The maximum Gasteiger partial charge on any atom is 0.333 e. The standard InChI is InChI=1S/C12H18O2.C11H12O5.C11H12O4S.2C11H14O3.C9H10O4.C9H14O.C8H14O.C4H5N.C3H3N/c1-2-14-12-6-9-3-10(7-12)5-11(13,4-9)8-12;1-4(2)10(12)15-8-6-3-5-7(14-6)9(8)16-11(5)13;1-4(2)10(12)14-7-6-3-5-9(16-6)8(7)15-11(5)13;2*1-2-13-9-4-6-3-7(9)8-5-14-11(12)10(6)8;1-2-11-7-5-3-4-6(12-5)8(7)13-9(4)10;1-2-10-9-6-7-3-4-8(9)5-7;1-2-9-8-6-4-3-5-7-8;1-4(2)3-5;1-2-3-4/h2,9-10,13H,1,3-8H2;2*5-9H,1,3H2,2H3;2*2,6-10H,1,3-5H2;2,4-8H,1,3H2;2,7-9H,1,3-6H2;2,8H,1,3-7H2;1H2,2H3;2H,1H2. The van der Waals surface area contributed by atoms with E-state index >= 15 is 0 Å². The van der Waals surface area contributed by atoms with E-state index in [1.807, 2.05) is 6.07 Å². The van der Waals surface area contributed by atoms with Gasteiger partial charge in [0, 0.05) is 58.1 Å². The van der Waals surface area contributed by atoms with Crippen molar-refractivity contribution in [2.45, 2.75) is 269 Å². The number of ether oxygens (including phenoxy) is 15. The number of carbonyl (C=O) groups is 7. The zero-order valence-electron chi connectivity index (χ0n) is 66.7. The van der Waals surface area contributed by atoms with Crippen molar-refractivity contribution in [1.82, 2.24) is 0 Å².